The van der Waals surface area contributed by atoms with Gasteiger partial charge in [-0.05, 0) is 24.5 Å². The van der Waals surface area contributed by atoms with E-state index in [0.717, 1.165) is 6.07 Å². The molecule has 0 bridgehead atoms. The highest BCUT2D eigenvalue weighted by Crippen LogP contribution is 2.16. The average Bonchev–Trinajstić information content (AvgIpc) is 2.31. The van der Waals surface area contributed by atoms with E-state index in [-0.39, 0.29) is 18.0 Å². The van der Waals surface area contributed by atoms with Crippen LogP contribution in [-0.2, 0) is 0 Å². The van der Waals surface area contributed by atoms with Crippen molar-refractivity contribution < 1.29 is 18.7 Å². The number of benzene rings is 1. The minimum Gasteiger partial charge on any atom is -0.391 e. The second-order valence-electron chi connectivity index (χ2n) is 4.57. The first kappa shape index (κ1) is 14.6. The van der Waals surface area contributed by atoms with Gasteiger partial charge in [-0.25, -0.2) is 8.78 Å². The number of amides is 1. The Hall–Kier alpha value is -1.49. The predicted molar refractivity (Wildman–Crippen MR) is 64.3 cm³/mol. The molecular weight excluding hydrogens is 240 g/mol. The zero-order valence-electron chi connectivity index (χ0n) is 10.6. The van der Waals surface area contributed by atoms with E-state index in [1.54, 1.807) is 13.8 Å². The van der Waals surface area contributed by atoms with Crippen LogP contribution in [0, 0.1) is 24.5 Å². The zero-order chi connectivity index (χ0) is 13.9. The highest BCUT2D eigenvalue weighted by Gasteiger charge is 2.20. The molecule has 0 spiro atoms. The molecule has 1 amide bonds. The Morgan fingerprint density at radius 1 is 1.39 bits per heavy atom. The van der Waals surface area contributed by atoms with Gasteiger partial charge in [0, 0.05) is 6.54 Å². The molecule has 1 aromatic rings. The van der Waals surface area contributed by atoms with Crippen LogP contribution in [0.2, 0.25) is 0 Å². The number of halogens is 2. The first-order valence-corrected chi connectivity index (χ1v) is 5.75. The first-order valence-electron chi connectivity index (χ1n) is 5.75. The summed E-state index contributed by atoms with van der Waals surface area (Å²) in [6.45, 7) is 4.98. The van der Waals surface area contributed by atoms with Crippen LogP contribution in [0.15, 0.2) is 12.1 Å². The third kappa shape index (κ3) is 3.26. The van der Waals surface area contributed by atoms with Gasteiger partial charge in [0.1, 0.15) is 17.2 Å². The molecule has 0 aliphatic carbocycles. The Balaban J connectivity index is 2.82. The first-order chi connectivity index (χ1) is 8.34. The van der Waals surface area contributed by atoms with Crippen LogP contribution in [0.25, 0.3) is 0 Å². The monoisotopic (exact) mass is 257 g/mol. The number of carbonyl (C=O) groups is 1. The van der Waals surface area contributed by atoms with Gasteiger partial charge in [-0.15, -0.1) is 0 Å². The number of hydrogen-bond donors (Lipinski definition) is 2. The Morgan fingerprint density at radius 3 is 2.56 bits per heavy atom. The maximum atomic E-state index is 13.6. The van der Waals surface area contributed by atoms with E-state index in [1.807, 2.05) is 0 Å². The zero-order valence-corrected chi connectivity index (χ0v) is 10.6. The minimum atomic E-state index is -0.908. The molecule has 1 atom stereocenters. The van der Waals surface area contributed by atoms with Crippen LogP contribution in [0.4, 0.5) is 8.78 Å². The predicted octanol–water partition coefficient (Wildman–Crippen LogP) is 2.02. The quantitative estimate of drug-likeness (QED) is 0.867. The number of aliphatic hydroxyl groups excluding tert-OH is 1. The van der Waals surface area contributed by atoms with Gasteiger partial charge < -0.3 is 10.4 Å². The molecule has 0 aromatic heterocycles. The number of rotatable bonds is 4. The summed E-state index contributed by atoms with van der Waals surface area (Å²) in [5.41, 5.74) is -0.406. The SMILES string of the molecule is Cc1ccc(F)c(C(=O)NCC(O)C(C)C)c1F. The van der Waals surface area contributed by atoms with Gasteiger partial charge in [0.05, 0.1) is 6.10 Å². The fourth-order valence-corrected chi connectivity index (χ4v) is 1.39. The summed E-state index contributed by atoms with van der Waals surface area (Å²) >= 11 is 0. The number of aryl methyl sites for hydroxylation is 1. The van der Waals surface area contributed by atoms with Crippen molar-refractivity contribution in [1.29, 1.82) is 0 Å². The lowest BCUT2D eigenvalue weighted by Crippen LogP contribution is -2.35. The molecular formula is C13H17F2NO2. The number of carbonyl (C=O) groups excluding carboxylic acids is 1. The van der Waals surface area contributed by atoms with Gasteiger partial charge in [-0.1, -0.05) is 19.9 Å². The fraction of sp³-hybridized carbons (Fsp3) is 0.462. The topological polar surface area (TPSA) is 49.3 Å². The number of nitrogens with one attached hydrogen (secondary N) is 1. The van der Waals surface area contributed by atoms with Crippen molar-refractivity contribution in [3.05, 3.63) is 34.9 Å². The number of aliphatic hydroxyl groups is 1. The van der Waals surface area contributed by atoms with E-state index in [9.17, 15) is 18.7 Å². The van der Waals surface area contributed by atoms with Crippen molar-refractivity contribution in [2.75, 3.05) is 6.54 Å². The molecule has 0 heterocycles. The van der Waals surface area contributed by atoms with E-state index in [2.05, 4.69) is 5.32 Å². The molecule has 0 radical (unpaired) electrons. The van der Waals surface area contributed by atoms with Crippen LogP contribution < -0.4 is 5.32 Å². The lowest BCUT2D eigenvalue weighted by atomic mass is 10.1. The highest BCUT2D eigenvalue weighted by molar-refractivity contribution is 5.95. The van der Waals surface area contributed by atoms with Crippen molar-refractivity contribution >= 4 is 5.91 Å². The molecule has 5 heteroatoms. The van der Waals surface area contributed by atoms with Gasteiger partial charge in [0.25, 0.3) is 5.91 Å². The van der Waals surface area contributed by atoms with Gasteiger partial charge in [-0.3, -0.25) is 4.79 Å². The second-order valence-corrected chi connectivity index (χ2v) is 4.57. The van der Waals surface area contributed by atoms with Crippen LogP contribution in [-0.4, -0.2) is 23.7 Å². The Labute approximate surface area is 105 Å². The van der Waals surface area contributed by atoms with Gasteiger partial charge >= 0.3 is 0 Å². The van der Waals surface area contributed by atoms with Gasteiger partial charge in [0.2, 0.25) is 0 Å². The van der Waals surface area contributed by atoms with Crippen LogP contribution in [0.1, 0.15) is 29.8 Å². The summed E-state index contributed by atoms with van der Waals surface area (Å²) in [7, 11) is 0. The molecule has 0 aliphatic rings. The van der Waals surface area contributed by atoms with E-state index in [0.29, 0.717) is 0 Å². The molecule has 0 fully saturated rings. The molecule has 1 unspecified atom stereocenters. The smallest absolute Gasteiger partial charge is 0.257 e. The maximum absolute atomic E-state index is 13.6. The Bertz CT molecular complexity index is 447. The fourth-order valence-electron chi connectivity index (χ4n) is 1.39. The summed E-state index contributed by atoms with van der Waals surface area (Å²) in [5, 5.41) is 11.8. The van der Waals surface area contributed by atoms with E-state index in [1.165, 1.54) is 13.0 Å². The molecule has 0 aliphatic heterocycles. The summed E-state index contributed by atoms with van der Waals surface area (Å²) in [4.78, 5) is 11.7. The Morgan fingerprint density at radius 2 is 2.00 bits per heavy atom. The van der Waals surface area contributed by atoms with Crippen molar-refractivity contribution in [2.45, 2.75) is 26.9 Å². The average molecular weight is 257 g/mol. The molecule has 2 N–H and O–H groups in total. The second kappa shape index (κ2) is 5.91. The summed E-state index contributed by atoms with van der Waals surface area (Å²) < 4.78 is 27.0. The van der Waals surface area contributed by atoms with E-state index in [4.69, 9.17) is 0 Å². The lowest BCUT2D eigenvalue weighted by Gasteiger charge is -2.15. The molecule has 0 saturated carbocycles. The standard InChI is InChI=1S/C13H17F2NO2/c1-7(2)10(17)6-16-13(18)11-9(14)5-4-8(3)12(11)15/h4-5,7,10,17H,6H2,1-3H3,(H,16,18). The summed E-state index contributed by atoms with van der Waals surface area (Å²) in [6.07, 6.45) is -0.745. The van der Waals surface area contributed by atoms with Crippen molar-refractivity contribution in [3.8, 4) is 0 Å². The summed E-state index contributed by atoms with van der Waals surface area (Å²) in [6, 6.07) is 2.32. The molecule has 1 rings (SSSR count). The maximum Gasteiger partial charge on any atom is 0.257 e. The Kier molecular flexibility index (Phi) is 4.78. The van der Waals surface area contributed by atoms with E-state index >= 15 is 0 Å². The lowest BCUT2D eigenvalue weighted by molar-refractivity contribution is 0.0863. The molecule has 3 nitrogen and oxygen atoms in total. The van der Waals surface area contributed by atoms with Crippen molar-refractivity contribution in [3.63, 3.8) is 0 Å². The van der Waals surface area contributed by atoms with Gasteiger partial charge in [-0.2, -0.15) is 0 Å². The molecule has 0 saturated heterocycles. The summed E-state index contributed by atoms with van der Waals surface area (Å²) in [5.74, 6) is -2.67. The molecule has 100 valence electrons. The van der Waals surface area contributed by atoms with Gasteiger partial charge in [0.15, 0.2) is 0 Å². The number of hydrogen-bond acceptors (Lipinski definition) is 2. The van der Waals surface area contributed by atoms with Crippen LogP contribution in [0.5, 0.6) is 0 Å². The van der Waals surface area contributed by atoms with Crippen LogP contribution in [0.3, 0.4) is 0 Å². The van der Waals surface area contributed by atoms with E-state index < -0.39 is 29.2 Å². The van der Waals surface area contributed by atoms with Crippen molar-refractivity contribution in [1.82, 2.24) is 5.32 Å². The molecule has 1 aromatic carbocycles. The van der Waals surface area contributed by atoms with Crippen molar-refractivity contribution in [2.24, 2.45) is 5.92 Å². The normalized spacial score (nSPS) is 12.6. The third-order valence-electron chi connectivity index (χ3n) is 2.75. The highest BCUT2D eigenvalue weighted by atomic mass is 19.1. The van der Waals surface area contributed by atoms with Crippen LogP contribution >= 0.6 is 0 Å². The largest absolute Gasteiger partial charge is 0.391 e. The third-order valence-corrected chi connectivity index (χ3v) is 2.75. The molecule has 18 heavy (non-hydrogen) atoms. The minimum absolute atomic E-state index is 0.0384.